The Morgan fingerprint density at radius 1 is 1.11 bits per heavy atom. The van der Waals surface area contributed by atoms with Crippen LogP contribution in [-0.4, -0.2) is 35.6 Å². The fraction of sp³-hybridized carbons (Fsp3) is 0.0800. The number of nitriles is 1. The number of benzene rings is 3. The molecule has 10 heteroatoms. The van der Waals surface area contributed by atoms with Crippen LogP contribution in [0.1, 0.15) is 21.5 Å². The van der Waals surface area contributed by atoms with Crippen LogP contribution < -0.4 is 14.8 Å². The van der Waals surface area contributed by atoms with E-state index < -0.39 is 23.4 Å². The highest BCUT2D eigenvalue weighted by molar-refractivity contribution is 5.94. The number of carbonyl (C=O) groups excluding carboxylic acids is 1. The molecule has 176 valence electrons. The Labute approximate surface area is 199 Å². The first kappa shape index (κ1) is 24.5. The lowest BCUT2D eigenvalue weighted by atomic mass is 10.0. The first-order chi connectivity index (χ1) is 16.8. The quantitative estimate of drug-likeness (QED) is 0.201. The number of hydrogen-bond donors (Lipinski definition) is 2. The van der Waals surface area contributed by atoms with Gasteiger partial charge in [-0.15, -0.1) is 0 Å². The lowest BCUT2D eigenvalue weighted by molar-refractivity contribution is -0.384. The van der Waals surface area contributed by atoms with Gasteiger partial charge in [0.15, 0.2) is 18.1 Å². The monoisotopic (exact) mass is 473 g/mol. The number of nitrogens with zero attached hydrogens (tertiary/aromatic N) is 2. The zero-order chi connectivity index (χ0) is 25.4. The molecule has 0 heterocycles. The van der Waals surface area contributed by atoms with Gasteiger partial charge in [0.25, 0.3) is 11.6 Å². The van der Waals surface area contributed by atoms with Crippen LogP contribution >= 0.6 is 0 Å². The summed E-state index contributed by atoms with van der Waals surface area (Å²) in [5.41, 5.74) is 1.24. The summed E-state index contributed by atoms with van der Waals surface area (Å²) in [6.07, 6.45) is 1.49. The topological polar surface area (TPSA) is 152 Å². The maximum Gasteiger partial charge on any atom is 0.335 e. The number of hydrogen-bond acceptors (Lipinski definition) is 7. The van der Waals surface area contributed by atoms with Crippen molar-refractivity contribution in [3.63, 3.8) is 0 Å². The fourth-order valence-electron chi connectivity index (χ4n) is 3.12. The molecule has 2 N–H and O–H groups in total. The molecule has 0 radical (unpaired) electrons. The highest BCUT2D eigenvalue weighted by Crippen LogP contribution is 2.34. The summed E-state index contributed by atoms with van der Waals surface area (Å²) >= 11 is 0. The van der Waals surface area contributed by atoms with Crippen LogP contribution in [0.5, 0.6) is 11.5 Å². The SMILES string of the molecule is COc1cccc(C=C(C#N)c2cccc([N+](=O)[O-])c2)c1OCC(=O)Nc1ccc(C(=O)O)cc1. The minimum Gasteiger partial charge on any atom is -0.493 e. The van der Waals surface area contributed by atoms with Crippen molar-refractivity contribution in [1.82, 2.24) is 0 Å². The zero-order valence-electron chi connectivity index (χ0n) is 18.4. The van der Waals surface area contributed by atoms with Crippen LogP contribution in [0.2, 0.25) is 0 Å². The van der Waals surface area contributed by atoms with Crippen LogP contribution in [0.4, 0.5) is 11.4 Å². The Morgan fingerprint density at radius 3 is 2.46 bits per heavy atom. The Hall–Kier alpha value is -5.17. The number of aromatic carboxylic acids is 1. The van der Waals surface area contributed by atoms with E-state index >= 15 is 0 Å². The van der Waals surface area contributed by atoms with Gasteiger partial charge in [-0.25, -0.2) is 4.79 Å². The number of nitro groups is 1. The molecular formula is C25H19N3O7. The van der Waals surface area contributed by atoms with E-state index in [0.717, 1.165) is 0 Å². The molecule has 0 saturated heterocycles. The first-order valence-corrected chi connectivity index (χ1v) is 10.1. The summed E-state index contributed by atoms with van der Waals surface area (Å²) < 4.78 is 11.0. The lowest BCUT2D eigenvalue weighted by Crippen LogP contribution is -2.20. The Kier molecular flexibility index (Phi) is 7.77. The predicted octanol–water partition coefficient (Wildman–Crippen LogP) is 4.38. The van der Waals surface area contributed by atoms with Crippen molar-refractivity contribution in [2.24, 2.45) is 0 Å². The van der Waals surface area contributed by atoms with Gasteiger partial charge in [-0.2, -0.15) is 5.26 Å². The highest BCUT2D eigenvalue weighted by atomic mass is 16.6. The number of methoxy groups -OCH3 is 1. The smallest absolute Gasteiger partial charge is 0.335 e. The van der Waals surface area contributed by atoms with Gasteiger partial charge in [-0.3, -0.25) is 14.9 Å². The Bertz CT molecular complexity index is 1340. The molecule has 0 unspecified atom stereocenters. The molecule has 3 rings (SSSR count). The van der Waals surface area contributed by atoms with Gasteiger partial charge < -0.3 is 19.9 Å². The van der Waals surface area contributed by atoms with Crippen molar-refractivity contribution in [2.75, 3.05) is 19.0 Å². The van der Waals surface area contributed by atoms with Crippen molar-refractivity contribution >= 4 is 34.9 Å². The molecule has 0 aliphatic heterocycles. The molecule has 35 heavy (non-hydrogen) atoms. The van der Waals surface area contributed by atoms with Gasteiger partial charge in [0.1, 0.15) is 0 Å². The van der Waals surface area contributed by atoms with Crippen LogP contribution in [0, 0.1) is 21.4 Å². The number of non-ortho nitro benzene ring substituents is 1. The van der Waals surface area contributed by atoms with E-state index in [1.54, 1.807) is 24.3 Å². The van der Waals surface area contributed by atoms with Crippen molar-refractivity contribution in [1.29, 1.82) is 5.26 Å². The van der Waals surface area contributed by atoms with Crippen LogP contribution in [0.3, 0.4) is 0 Å². The van der Waals surface area contributed by atoms with E-state index in [9.17, 15) is 25.0 Å². The van der Waals surface area contributed by atoms with E-state index in [2.05, 4.69) is 5.32 Å². The lowest BCUT2D eigenvalue weighted by Gasteiger charge is -2.14. The molecule has 0 spiro atoms. The summed E-state index contributed by atoms with van der Waals surface area (Å²) in [5, 5.41) is 32.3. The Balaban J connectivity index is 1.83. The molecular weight excluding hydrogens is 454 g/mol. The summed E-state index contributed by atoms with van der Waals surface area (Å²) in [4.78, 5) is 33.9. The molecule has 0 aromatic heterocycles. The third-order valence-corrected chi connectivity index (χ3v) is 4.78. The molecule has 0 aliphatic carbocycles. The number of amides is 1. The average molecular weight is 473 g/mol. The molecule has 10 nitrogen and oxygen atoms in total. The van der Waals surface area contributed by atoms with E-state index in [0.29, 0.717) is 22.6 Å². The summed E-state index contributed by atoms with van der Waals surface area (Å²) in [6.45, 7) is -0.402. The number of nitrogens with one attached hydrogen (secondary N) is 1. The predicted molar refractivity (Wildman–Crippen MR) is 127 cm³/mol. The molecule has 0 saturated carbocycles. The molecule has 0 bridgehead atoms. The number of ether oxygens (including phenoxy) is 2. The molecule has 3 aromatic carbocycles. The van der Waals surface area contributed by atoms with Crippen LogP contribution in [0.25, 0.3) is 11.6 Å². The largest absolute Gasteiger partial charge is 0.493 e. The molecule has 0 fully saturated rings. The third kappa shape index (κ3) is 6.21. The van der Waals surface area contributed by atoms with Gasteiger partial charge in [-0.1, -0.05) is 24.3 Å². The number of nitro benzene ring substituents is 1. The maximum absolute atomic E-state index is 12.4. The third-order valence-electron chi connectivity index (χ3n) is 4.78. The number of anilines is 1. The summed E-state index contributed by atoms with van der Waals surface area (Å²) in [6, 6.07) is 18.3. The number of carboxylic acid groups (broad SMARTS) is 1. The number of allylic oxidation sites excluding steroid dienone is 1. The van der Waals surface area contributed by atoms with Crippen LogP contribution in [0.15, 0.2) is 66.7 Å². The number of carbonyl (C=O) groups is 2. The van der Waals surface area contributed by atoms with Gasteiger partial charge >= 0.3 is 5.97 Å². The minimum atomic E-state index is -1.08. The van der Waals surface area contributed by atoms with Crippen molar-refractivity contribution < 1.29 is 29.1 Å². The second kappa shape index (κ2) is 11.1. The Morgan fingerprint density at radius 2 is 1.83 bits per heavy atom. The highest BCUT2D eigenvalue weighted by Gasteiger charge is 2.15. The molecule has 1 amide bonds. The van der Waals surface area contributed by atoms with Crippen molar-refractivity contribution in [3.05, 3.63) is 93.5 Å². The maximum atomic E-state index is 12.4. The minimum absolute atomic E-state index is 0.0849. The normalized spacial score (nSPS) is 10.7. The van der Waals surface area contributed by atoms with Gasteiger partial charge in [-0.05, 0) is 42.0 Å². The zero-order valence-corrected chi connectivity index (χ0v) is 18.4. The number of rotatable bonds is 9. The molecule has 0 aliphatic rings. The first-order valence-electron chi connectivity index (χ1n) is 10.1. The molecule has 0 atom stereocenters. The van der Waals surface area contributed by atoms with Gasteiger partial charge in [0.2, 0.25) is 0 Å². The van der Waals surface area contributed by atoms with E-state index in [-0.39, 0.29) is 22.6 Å². The second-order valence-corrected chi connectivity index (χ2v) is 7.08. The van der Waals surface area contributed by atoms with Crippen molar-refractivity contribution in [2.45, 2.75) is 0 Å². The standard InChI is InChI=1S/C25H19N3O7/c1-34-22-7-3-5-18(12-19(14-26)17-4-2-6-21(13-17)28(32)33)24(22)35-15-23(29)27-20-10-8-16(9-11-20)25(30)31/h2-13H,15H2,1H3,(H,27,29)(H,30,31). The summed E-state index contributed by atoms with van der Waals surface area (Å²) in [7, 11) is 1.42. The average Bonchev–Trinajstić information content (AvgIpc) is 2.86. The number of carboxylic acids is 1. The number of para-hydroxylation sites is 1. The second-order valence-electron chi connectivity index (χ2n) is 7.08. The molecule has 3 aromatic rings. The summed E-state index contributed by atoms with van der Waals surface area (Å²) in [5.74, 6) is -1.07. The van der Waals surface area contributed by atoms with Crippen LogP contribution in [-0.2, 0) is 4.79 Å². The van der Waals surface area contributed by atoms with Crippen molar-refractivity contribution in [3.8, 4) is 17.6 Å². The van der Waals surface area contributed by atoms with Gasteiger partial charge in [0, 0.05) is 23.4 Å². The fourth-order valence-corrected chi connectivity index (χ4v) is 3.12. The van der Waals surface area contributed by atoms with E-state index in [1.807, 2.05) is 6.07 Å². The van der Waals surface area contributed by atoms with E-state index in [4.69, 9.17) is 14.6 Å². The van der Waals surface area contributed by atoms with E-state index in [1.165, 1.54) is 55.7 Å². The van der Waals surface area contributed by atoms with Gasteiger partial charge in [0.05, 0.1) is 29.2 Å².